The second-order valence-electron chi connectivity index (χ2n) is 5.52. The van der Waals surface area contributed by atoms with Crippen molar-refractivity contribution >= 4 is 29.1 Å². The minimum Gasteiger partial charge on any atom is -0.350 e. The molecule has 6 nitrogen and oxygen atoms in total. The first-order valence-electron chi connectivity index (χ1n) is 7.43. The minimum atomic E-state index is -0.00479. The zero-order chi connectivity index (χ0) is 16.2. The fourth-order valence-corrected chi connectivity index (χ4v) is 3.24. The van der Waals surface area contributed by atoms with E-state index in [2.05, 4.69) is 20.9 Å². The molecule has 1 amide bonds. The monoisotopic (exact) mass is 353 g/mol. The number of aromatic nitrogens is 3. The Morgan fingerprint density at radius 1 is 1.39 bits per heavy atom. The predicted octanol–water partition coefficient (Wildman–Crippen LogP) is 1.85. The molecule has 23 heavy (non-hydrogen) atoms. The third kappa shape index (κ3) is 4.02. The van der Waals surface area contributed by atoms with Crippen LogP contribution in [0.1, 0.15) is 18.0 Å². The van der Waals surface area contributed by atoms with E-state index in [0.29, 0.717) is 22.9 Å². The van der Waals surface area contributed by atoms with Gasteiger partial charge in [-0.2, -0.15) is 0 Å². The van der Waals surface area contributed by atoms with Crippen molar-refractivity contribution in [1.29, 1.82) is 0 Å². The molecular formula is C15H17Cl2N5O. The molecule has 0 spiro atoms. The van der Waals surface area contributed by atoms with E-state index in [1.165, 1.54) is 0 Å². The molecule has 1 saturated heterocycles. The zero-order valence-electron chi connectivity index (χ0n) is 12.4. The molecule has 0 aliphatic carbocycles. The highest BCUT2D eigenvalue weighted by Crippen LogP contribution is 2.22. The van der Waals surface area contributed by atoms with Crippen LogP contribution in [0.5, 0.6) is 0 Å². The molecule has 8 heteroatoms. The van der Waals surface area contributed by atoms with Gasteiger partial charge in [-0.3, -0.25) is 4.79 Å². The Labute approximate surface area is 144 Å². The number of nitrogens with zero attached hydrogens (tertiary/aromatic N) is 3. The number of halogens is 2. The van der Waals surface area contributed by atoms with Crippen LogP contribution in [-0.2, 0) is 11.2 Å². The van der Waals surface area contributed by atoms with E-state index in [0.717, 1.165) is 18.7 Å². The molecule has 1 aromatic heterocycles. The van der Waals surface area contributed by atoms with Crippen LogP contribution in [0.4, 0.5) is 0 Å². The average molecular weight is 354 g/mol. The molecule has 2 atom stereocenters. The Kier molecular flexibility index (Phi) is 5.15. The molecule has 0 unspecified atom stereocenters. The van der Waals surface area contributed by atoms with Crippen molar-refractivity contribution in [3.05, 3.63) is 46.2 Å². The first-order valence-corrected chi connectivity index (χ1v) is 8.19. The number of carbonyl (C=O) groups is 1. The summed E-state index contributed by atoms with van der Waals surface area (Å²) in [7, 11) is 0. The lowest BCUT2D eigenvalue weighted by Crippen LogP contribution is -2.41. The third-order valence-electron chi connectivity index (χ3n) is 3.95. The Balaban J connectivity index is 1.55. The molecule has 2 heterocycles. The highest BCUT2D eigenvalue weighted by atomic mass is 35.5. The van der Waals surface area contributed by atoms with Crippen LogP contribution < -0.4 is 10.6 Å². The predicted molar refractivity (Wildman–Crippen MR) is 88.6 cm³/mol. The van der Waals surface area contributed by atoms with Gasteiger partial charge in [-0.15, -0.1) is 5.10 Å². The van der Waals surface area contributed by atoms with E-state index in [1.54, 1.807) is 23.0 Å². The van der Waals surface area contributed by atoms with Crippen molar-refractivity contribution in [3.63, 3.8) is 0 Å². The quantitative estimate of drug-likeness (QED) is 0.860. The maximum atomic E-state index is 12.2. The maximum absolute atomic E-state index is 12.2. The van der Waals surface area contributed by atoms with Crippen LogP contribution in [0.2, 0.25) is 10.0 Å². The zero-order valence-corrected chi connectivity index (χ0v) is 13.9. The lowest BCUT2D eigenvalue weighted by Gasteiger charge is -2.19. The van der Waals surface area contributed by atoms with Gasteiger partial charge in [-0.1, -0.05) is 34.5 Å². The summed E-state index contributed by atoms with van der Waals surface area (Å²) in [5.41, 5.74) is 0.920. The fourth-order valence-electron chi connectivity index (χ4n) is 2.74. The molecule has 1 aliphatic heterocycles. The van der Waals surface area contributed by atoms with Gasteiger partial charge in [-0.25, -0.2) is 4.68 Å². The van der Waals surface area contributed by atoms with E-state index >= 15 is 0 Å². The number of aryl methyl sites for hydroxylation is 1. The highest BCUT2D eigenvalue weighted by molar-refractivity contribution is 6.35. The Bertz CT molecular complexity index is 677. The van der Waals surface area contributed by atoms with Crippen LogP contribution in [0.3, 0.4) is 0 Å². The second kappa shape index (κ2) is 7.29. The molecule has 0 saturated carbocycles. The summed E-state index contributed by atoms with van der Waals surface area (Å²) < 4.78 is 1.78. The van der Waals surface area contributed by atoms with Crippen molar-refractivity contribution in [1.82, 2.24) is 25.6 Å². The second-order valence-corrected chi connectivity index (χ2v) is 6.36. The fraction of sp³-hybridized carbons (Fsp3) is 0.400. The van der Waals surface area contributed by atoms with E-state index in [1.807, 2.05) is 12.3 Å². The van der Waals surface area contributed by atoms with E-state index in [-0.39, 0.29) is 18.0 Å². The van der Waals surface area contributed by atoms with Gasteiger partial charge in [-0.05, 0) is 24.1 Å². The molecule has 122 valence electrons. The number of benzene rings is 1. The van der Waals surface area contributed by atoms with Gasteiger partial charge in [0.1, 0.15) is 0 Å². The van der Waals surface area contributed by atoms with Gasteiger partial charge >= 0.3 is 0 Å². The van der Waals surface area contributed by atoms with Crippen LogP contribution in [-0.4, -0.2) is 40.0 Å². The molecule has 3 rings (SSSR count). The van der Waals surface area contributed by atoms with Gasteiger partial charge in [0.05, 0.1) is 18.3 Å². The number of carbonyl (C=O) groups excluding carboxylic acids is 1. The van der Waals surface area contributed by atoms with Crippen LogP contribution in [0.25, 0.3) is 0 Å². The van der Waals surface area contributed by atoms with Gasteiger partial charge < -0.3 is 10.6 Å². The number of hydrogen-bond acceptors (Lipinski definition) is 4. The summed E-state index contributed by atoms with van der Waals surface area (Å²) in [6.07, 6.45) is 4.40. The van der Waals surface area contributed by atoms with Crippen LogP contribution in [0, 0.1) is 0 Å². The topological polar surface area (TPSA) is 71.8 Å². The number of hydrogen-bond donors (Lipinski definition) is 2. The molecular weight excluding hydrogens is 337 g/mol. The third-order valence-corrected chi connectivity index (χ3v) is 4.53. The van der Waals surface area contributed by atoms with Crippen molar-refractivity contribution in [3.8, 4) is 0 Å². The van der Waals surface area contributed by atoms with Gasteiger partial charge in [0.2, 0.25) is 5.91 Å². The Morgan fingerprint density at radius 2 is 2.26 bits per heavy atom. The normalized spacial score (nSPS) is 20.6. The standard InChI is InChI=1S/C15H17Cl2N5O/c16-11-3-1-10(12(17)7-11)2-4-15(23)20-13-8-18-9-14(13)22-6-5-19-21-22/h1,3,5-7,13-14,18H,2,4,8-9H2,(H,20,23)/t13-,14+/m1/s1. The SMILES string of the molecule is O=C(CCc1ccc(Cl)cc1Cl)N[C@@H]1CNC[C@@H]1n1ccnn1. The Morgan fingerprint density at radius 3 is 3.00 bits per heavy atom. The Hall–Kier alpha value is -1.63. The summed E-state index contributed by atoms with van der Waals surface area (Å²) in [4.78, 5) is 12.2. The van der Waals surface area contributed by atoms with Gasteiger partial charge in [0.25, 0.3) is 0 Å². The van der Waals surface area contributed by atoms with E-state index in [4.69, 9.17) is 23.2 Å². The van der Waals surface area contributed by atoms with Crippen molar-refractivity contribution in [2.45, 2.75) is 24.9 Å². The van der Waals surface area contributed by atoms with Crippen LogP contribution >= 0.6 is 23.2 Å². The molecule has 2 aromatic rings. The number of amides is 1. The highest BCUT2D eigenvalue weighted by Gasteiger charge is 2.30. The molecule has 1 fully saturated rings. The summed E-state index contributed by atoms with van der Waals surface area (Å²) in [6.45, 7) is 1.48. The van der Waals surface area contributed by atoms with Gasteiger partial charge in [0.15, 0.2) is 0 Å². The average Bonchev–Trinajstić information content (AvgIpc) is 3.17. The molecule has 2 N–H and O–H groups in total. The minimum absolute atomic E-state index is 0.00453. The van der Waals surface area contributed by atoms with Crippen molar-refractivity contribution in [2.24, 2.45) is 0 Å². The largest absolute Gasteiger partial charge is 0.350 e. The molecule has 1 aliphatic rings. The summed E-state index contributed by atoms with van der Waals surface area (Å²) >= 11 is 12.0. The first-order chi connectivity index (χ1) is 11.1. The number of rotatable bonds is 5. The first kappa shape index (κ1) is 16.2. The summed E-state index contributed by atoms with van der Waals surface area (Å²) in [5.74, 6) is -0.00479. The van der Waals surface area contributed by atoms with E-state index in [9.17, 15) is 4.79 Å². The lowest BCUT2D eigenvalue weighted by molar-refractivity contribution is -0.121. The molecule has 0 radical (unpaired) electrons. The van der Waals surface area contributed by atoms with Gasteiger partial charge in [0, 0.05) is 35.8 Å². The maximum Gasteiger partial charge on any atom is 0.220 e. The van der Waals surface area contributed by atoms with Crippen molar-refractivity contribution in [2.75, 3.05) is 13.1 Å². The van der Waals surface area contributed by atoms with E-state index < -0.39 is 0 Å². The molecule has 1 aromatic carbocycles. The number of nitrogens with one attached hydrogen (secondary N) is 2. The summed E-state index contributed by atoms with van der Waals surface area (Å²) in [5, 5.41) is 15.3. The lowest BCUT2D eigenvalue weighted by atomic mass is 10.1. The smallest absolute Gasteiger partial charge is 0.220 e. The van der Waals surface area contributed by atoms with Crippen molar-refractivity contribution < 1.29 is 4.79 Å². The summed E-state index contributed by atoms with van der Waals surface area (Å²) in [6, 6.07) is 5.42. The molecule has 0 bridgehead atoms. The van der Waals surface area contributed by atoms with Crippen LogP contribution in [0.15, 0.2) is 30.6 Å².